The van der Waals surface area contributed by atoms with Gasteiger partial charge in [-0.15, -0.1) is 0 Å². The van der Waals surface area contributed by atoms with Crippen LogP contribution in [0.15, 0.2) is 0 Å². The fourth-order valence-electron chi connectivity index (χ4n) is 5.07. The topological polar surface area (TPSA) is 46.2 Å². The molecule has 3 N–H and O–H groups in total. The number of hydrogen-bond acceptors (Lipinski definition) is 2. The highest BCUT2D eigenvalue weighted by Gasteiger charge is 2.56. The first-order valence-corrected chi connectivity index (χ1v) is 6.00. The molecule has 0 aliphatic heterocycles. The summed E-state index contributed by atoms with van der Waals surface area (Å²) in [6.07, 6.45) is 7.89. The lowest BCUT2D eigenvalue weighted by Crippen LogP contribution is -2.55. The van der Waals surface area contributed by atoms with Crippen molar-refractivity contribution in [3.63, 3.8) is 0 Å². The number of aliphatic hydroxyl groups is 1. The van der Waals surface area contributed by atoms with E-state index in [9.17, 15) is 5.11 Å². The molecule has 0 aromatic heterocycles. The van der Waals surface area contributed by atoms with Gasteiger partial charge in [-0.25, -0.2) is 0 Å². The standard InChI is InChI=1S/C12H21NO/c13-7-11-2-9-1-10(3-11)5-12(4-9,6-11)8-14/h9-10,14H,1-8,13H2/t9-,10+,11?,12?. The van der Waals surface area contributed by atoms with Crippen LogP contribution in [0, 0.1) is 22.7 Å². The van der Waals surface area contributed by atoms with E-state index in [1.807, 2.05) is 0 Å². The molecule has 4 saturated carbocycles. The summed E-state index contributed by atoms with van der Waals surface area (Å²) >= 11 is 0. The molecule has 0 aromatic carbocycles. The summed E-state index contributed by atoms with van der Waals surface area (Å²) in [6.45, 7) is 1.25. The number of aliphatic hydroxyl groups excluding tert-OH is 1. The minimum Gasteiger partial charge on any atom is -0.396 e. The first kappa shape index (κ1) is 9.17. The Kier molecular flexibility index (Phi) is 1.79. The molecular weight excluding hydrogens is 174 g/mol. The molecule has 0 spiro atoms. The zero-order valence-electron chi connectivity index (χ0n) is 8.84. The lowest BCUT2D eigenvalue weighted by Gasteiger charge is -2.61. The summed E-state index contributed by atoms with van der Waals surface area (Å²) in [6, 6.07) is 0. The van der Waals surface area contributed by atoms with Crippen molar-refractivity contribution in [1.29, 1.82) is 0 Å². The number of nitrogens with two attached hydrogens (primary N) is 1. The van der Waals surface area contributed by atoms with Crippen LogP contribution in [0.5, 0.6) is 0 Å². The van der Waals surface area contributed by atoms with Gasteiger partial charge >= 0.3 is 0 Å². The minimum atomic E-state index is 0.281. The van der Waals surface area contributed by atoms with Crippen LogP contribution in [0.3, 0.4) is 0 Å². The van der Waals surface area contributed by atoms with Crippen LogP contribution < -0.4 is 5.73 Å². The van der Waals surface area contributed by atoms with Crippen LogP contribution in [0.4, 0.5) is 0 Å². The van der Waals surface area contributed by atoms with Crippen molar-refractivity contribution in [3.05, 3.63) is 0 Å². The first-order valence-electron chi connectivity index (χ1n) is 6.00. The van der Waals surface area contributed by atoms with Gasteiger partial charge in [-0.1, -0.05) is 0 Å². The summed E-state index contributed by atoms with van der Waals surface area (Å²) in [5.74, 6) is 1.76. The fraction of sp³-hybridized carbons (Fsp3) is 1.00. The van der Waals surface area contributed by atoms with Crippen LogP contribution in [0.25, 0.3) is 0 Å². The van der Waals surface area contributed by atoms with Crippen LogP contribution >= 0.6 is 0 Å². The Labute approximate surface area is 85.9 Å². The van der Waals surface area contributed by atoms with Gasteiger partial charge in [0.1, 0.15) is 0 Å². The van der Waals surface area contributed by atoms with Gasteiger partial charge in [-0.05, 0) is 67.7 Å². The Balaban J connectivity index is 1.94. The molecule has 4 fully saturated rings. The summed E-state index contributed by atoms with van der Waals surface area (Å²) in [7, 11) is 0. The van der Waals surface area contributed by atoms with Crippen LogP contribution in [-0.2, 0) is 0 Å². The van der Waals surface area contributed by atoms with Gasteiger partial charge in [0.2, 0.25) is 0 Å². The van der Waals surface area contributed by atoms with Crippen molar-refractivity contribution < 1.29 is 5.11 Å². The summed E-state index contributed by atoms with van der Waals surface area (Å²) in [5, 5.41) is 9.60. The van der Waals surface area contributed by atoms with E-state index in [1.54, 1.807) is 0 Å². The molecule has 0 heterocycles. The molecule has 4 aliphatic carbocycles. The van der Waals surface area contributed by atoms with Gasteiger partial charge in [-0.3, -0.25) is 0 Å². The molecule has 0 saturated heterocycles. The van der Waals surface area contributed by atoms with E-state index in [2.05, 4.69) is 0 Å². The Morgan fingerprint density at radius 2 is 1.64 bits per heavy atom. The van der Waals surface area contributed by atoms with Crippen LogP contribution in [-0.4, -0.2) is 18.3 Å². The van der Waals surface area contributed by atoms with E-state index in [0.29, 0.717) is 12.0 Å². The molecule has 14 heavy (non-hydrogen) atoms. The third-order valence-corrected chi connectivity index (χ3v) is 5.07. The van der Waals surface area contributed by atoms with E-state index < -0.39 is 0 Å². The van der Waals surface area contributed by atoms with E-state index in [4.69, 9.17) is 5.73 Å². The van der Waals surface area contributed by atoms with Gasteiger partial charge in [-0.2, -0.15) is 0 Å². The van der Waals surface area contributed by atoms with Gasteiger partial charge in [0, 0.05) is 6.61 Å². The van der Waals surface area contributed by atoms with Gasteiger partial charge in [0.05, 0.1) is 0 Å². The third kappa shape index (κ3) is 1.10. The molecule has 4 aliphatic rings. The summed E-state index contributed by atoms with van der Waals surface area (Å²) < 4.78 is 0. The molecule has 4 rings (SSSR count). The average molecular weight is 195 g/mol. The molecule has 80 valence electrons. The van der Waals surface area contributed by atoms with Crippen LogP contribution in [0.1, 0.15) is 38.5 Å². The highest BCUT2D eigenvalue weighted by Crippen LogP contribution is 2.64. The monoisotopic (exact) mass is 195 g/mol. The molecule has 0 aromatic rings. The average Bonchev–Trinajstić information content (AvgIpc) is 2.16. The van der Waals surface area contributed by atoms with Gasteiger partial charge in [0.15, 0.2) is 0 Å². The van der Waals surface area contributed by atoms with E-state index >= 15 is 0 Å². The van der Waals surface area contributed by atoms with Crippen molar-refractivity contribution in [1.82, 2.24) is 0 Å². The van der Waals surface area contributed by atoms with Gasteiger partial charge < -0.3 is 10.8 Å². The molecule has 2 nitrogen and oxygen atoms in total. The predicted molar refractivity (Wildman–Crippen MR) is 55.7 cm³/mol. The summed E-state index contributed by atoms with van der Waals surface area (Å²) in [5.41, 5.74) is 6.66. The maximum Gasteiger partial charge on any atom is 0.0487 e. The largest absolute Gasteiger partial charge is 0.396 e. The second-order valence-corrected chi connectivity index (χ2v) is 6.32. The third-order valence-electron chi connectivity index (χ3n) is 5.07. The number of rotatable bonds is 2. The second kappa shape index (κ2) is 2.73. The van der Waals surface area contributed by atoms with Gasteiger partial charge in [0.25, 0.3) is 0 Å². The zero-order valence-corrected chi connectivity index (χ0v) is 8.84. The molecule has 2 heteroatoms. The molecule has 0 radical (unpaired) electrons. The highest BCUT2D eigenvalue weighted by atomic mass is 16.3. The van der Waals surface area contributed by atoms with E-state index in [0.717, 1.165) is 18.4 Å². The van der Waals surface area contributed by atoms with E-state index in [-0.39, 0.29) is 5.41 Å². The Morgan fingerprint density at radius 1 is 1.07 bits per heavy atom. The lowest BCUT2D eigenvalue weighted by molar-refractivity contribution is -0.125. The normalized spacial score (nSPS) is 55.3. The highest BCUT2D eigenvalue weighted by molar-refractivity contribution is 5.07. The van der Waals surface area contributed by atoms with Crippen molar-refractivity contribution >= 4 is 0 Å². The van der Waals surface area contributed by atoms with Crippen molar-refractivity contribution in [2.45, 2.75) is 38.5 Å². The maximum absolute atomic E-state index is 9.60. The second-order valence-electron chi connectivity index (χ2n) is 6.32. The van der Waals surface area contributed by atoms with Crippen molar-refractivity contribution in [2.24, 2.45) is 28.4 Å². The molecule has 4 atom stereocenters. The van der Waals surface area contributed by atoms with Crippen LogP contribution in [0.2, 0.25) is 0 Å². The predicted octanol–water partition coefficient (Wildman–Crippen LogP) is 1.52. The quantitative estimate of drug-likeness (QED) is 0.702. The molecule has 0 amide bonds. The molecular formula is C12H21NO. The van der Waals surface area contributed by atoms with Crippen molar-refractivity contribution in [3.8, 4) is 0 Å². The lowest BCUT2D eigenvalue weighted by atomic mass is 9.44. The Hall–Kier alpha value is -0.0800. The summed E-state index contributed by atoms with van der Waals surface area (Å²) in [4.78, 5) is 0. The number of hydrogen-bond donors (Lipinski definition) is 2. The first-order chi connectivity index (χ1) is 6.69. The zero-order chi connectivity index (χ0) is 9.81. The molecule has 2 unspecified atom stereocenters. The smallest absolute Gasteiger partial charge is 0.0487 e. The minimum absolute atomic E-state index is 0.281. The van der Waals surface area contributed by atoms with Crippen molar-refractivity contribution in [2.75, 3.05) is 13.2 Å². The Bertz CT molecular complexity index is 215. The fourth-order valence-corrected chi connectivity index (χ4v) is 5.07. The SMILES string of the molecule is NCC12C[C@H]3C[C@@H](C1)CC(CO)(C3)C2. The Morgan fingerprint density at radius 3 is 2.14 bits per heavy atom. The maximum atomic E-state index is 9.60. The molecule has 4 bridgehead atoms. The van der Waals surface area contributed by atoms with E-state index in [1.165, 1.54) is 38.5 Å².